The molecule has 0 unspecified atom stereocenters. The molecule has 4 heteroatoms. The molecule has 0 radical (unpaired) electrons. The SMILES string of the molecule is CC(C)N(C(=O)OC(C)(C)C)[C@H]1CCCNC1. The van der Waals surface area contributed by atoms with Crippen LogP contribution >= 0.6 is 0 Å². The highest BCUT2D eigenvalue weighted by atomic mass is 16.6. The van der Waals surface area contributed by atoms with Gasteiger partial charge in [0.1, 0.15) is 5.60 Å². The van der Waals surface area contributed by atoms with Gasteiger partial charge in [-0.15, -0.1) is 0 Å². The third-order valence-electron chi connectivity index (χ3n) is 2.82. The molecule has 0 spiro atoms. The summed E-state index contributed by atoms with van der Waals surface area (Å²) in [5, 5.41) is 3.34. The maximum absolute atomic E-state index is 12.2. The highest BCUT2D eigenvalue weighted by molar-refractivity contribution is 5.69. The van der Waals surface area contributed by atoms with Crippen molar-refractivity contribution < 1.29 is 9.53 Å². The minimum absolute atomic E-state index is 0.176. The highest BCUT2D eigenvalue weighted by Gasteiger charge is 2.30. The van der Waals surface area contributed by atoms with Gasteiger partial charge in [-0.1, -0.05) is 0 Å². The molecule has 1 fully saturated rings. The summed E-state index contributed by atoms with van der Waals surface area (Å²) in [7, 11) is 0. The summed E-state index contributed by atoms with van der Waals surface area (Å²) in [5.74, 6) is 0. The number of hydrogen-bond donors (Lipinski definition) is 1. The van der Waals surface area contributed by atoms with Gasteiger partial charge in [0.15, 0.2) is 0 Å². The van der Waals surface area contributed by atoms with Gasteiger partial charge >= 0.3 is 6.09 Å². The normalized spacial score (nSPS) is 21.4. The molecule has 1 aliphatic rings. The Morgan fingerprint density at radius 3 is 2.47 bits per heavy atom. The predicted molar refractivity (Wildman–Crippen MR) is 69.1 cm³/mol. The van der Waals surface area contributed by atoms with Gasteiger partial charge in [-0.25, -0.2) is 4.79 Å². The molecule has 0 aromatic rings. The van der Waals surface area contributed by atoms with E-state index < -0.39 is 5.60 Å². The standard InChI is InChI=1S/C13H26N2O2/c1-10(2)15(11-7-6-8-14-9-11)12(16)17-13(3,4)5/h10-11,14H,6-9H2,1-5H3/t11-/m0/s1. The summed E-state index contributed by atoms with van der Waals surface area (Å²) < 4.78 is 5.47. The number of amides is 1. The van der Waals surface area contributed by atoms with E-state index in [0.717, 1.165) is 25.9 Å². The summed E-state index contributed by atoms with van der Waals surface area (Å²) in [6.45, 7) is 11.7. The van der Waals surface area contributed by atoms with Crippen LogP contribution in [0.25, 0.3) is 0 Å². The first kappa shape index (κ1) is 14.3. The quantitative estimate of drug-likeness (QED) is 0.808. The third-order valence-corrected chi connectivity index (χ3v) is 2.82. The van der Waals surface area contributed by atoms with Crippen molar-refractivity contribution in [1.29, 1.82) is 0 Å². The van der Waals surface area contributed by atoms with Crippen molar-refractivity contribution in [2.75, 3.05) is 13.1 Å². The molecule has 0 aromatic carbocycles. The van der Waals surface area contributed by atoms with Crippen LogP contribution in [-0.2, 0) is 4.74 Å². The molecular weight excluding hydrogens is 216 g/mol. The van der Waals surface area contributed by atoms with Gasteiger partial charge in [-0.2, -0.15) is 0 Å². The van der Waals surface area contributed by atoms with Crippen LogP contribution in [0.3, 0.4) is 0 Å². The van der Waals surface area contributed by atoms with E-state index in [0.29, 0.717) is 0 Å². The molecule has 0 saturated carbocycles. The van der Waals surface area contributed by atoms with E-state index in [1.54, 1.807) is 0 Å². The second kappa shape index (κ2) is 5.71. The fourth-order valence-corrected chi connectivity index (χ4v) is 2.17. The number of nitrogens with zero attached hydrogens (tertiary/aromatic N) is 1. The van der Waals surface area contributed by atoms with E-state index in [1.165, 1.54) is 0 Å². The number of carbonyl (C=O) groups is 1. The molecule has 1 aliphatic heterocycles. The van der Waals surface area contributed by atoms with Crippen molar-refractivity contribution in [3.8, 4) is 0 Å². The zero-order valence-electron chi connectivity index (χ0n) is 11.7. The number of rotatable bonds is 2. The smallest absolute Gasteiger partial charge is 0.410 e. The van der Waals surface area contributed by atoms with Gasteiger partial charge in [0.25, 0.3) is 0 Å². The van der Waals surface area contributed by atoms with Crippen molar-refractivity contribution in [2.45, 2.75) is 65.1 Å². The van der Waals surface area contributed by atoms with Gasteiger partial charge < -0.3 is 15.0 Å². The van der Waals surface area contributed by atoms with Gasteiger partial charge in [0, 0.05) is 18.6 Å². The van der Waals surface area contributed by atoms with E-state index in [4.69, 9.17) is 4.74 Å². The van der Waals surface area contributed by atoms with Crippen molar-refractivity contribution in [1.82, 2.24) is 10.2 Å². The monoisotopic (exact) mass is 242 g/mol. The lowest BCUT2D eigenvalue weighted by Gasteiger charge is -2.38. The number of ether oxygens (including phenoxy) is 1. The number of piperidine rings is 1. The lowest BCUT2D eigenvalue weighted by Crippen LogP contribution is -2.52. The fraction of sp³-hybridized carbons (Fsp3) is 0.923. The van der Waals surface area contributed by atoms with Gasteiger partial charge in [0.2, 0.25) is 0 Å². The lowest BCUT2D eigenvalue weighted by atomic mass is 10.0. The predicted octanol–water partition coefficient (Wildman–Crippen LogP) is 2.38. The van der Waals surface area contributed by atoms with Crippen LogP contribution in [0.5, 0.6) is 0 Å². The van der Waals surface area contributed by atoms with E-state index in [2.05, 4.69) is 5.32 Å². The molecule has 1 saturated heterocycles. The average molecular weight is 242 g/mol. The Morgan fingerprint density at radius 1 is 1.41 bits per heavy atom. The minimum atomic E-state index is -0.424. The number of hydrogen-bond acceptors (Lipinski definition) is 3. The molecule has 4 nitrogen and oxygen atoms in total. The Hall–Kier alpha value is -0.770. The summed E-state index contributed by atoms with van der Waals surface area (Å²) >= 11 is 0. The Labute approximate surface area is 105 Å². The van der Waals surface area contributed by atoms with Crippen molar-refractivity contribution in [3.63, 3.8) is 0 Å². The first-order valence-corrected chi connectivity index (χ1v) is 6.53. The van der Waals surface area contributed by atoms with Crippen LogP contribution in [-0.4, -0.2) is 41.8 Å². The Bertz CT molecular complexity index is 253. The lowest BCUT2D eigenvalue weighted by molar-refractivity contribution is 0.00580. The van der Waals surface area contributed by atoms with Crippen molar-refractivity contribution in [3.05, 3.63) is 0 Å². The first-order valence-electron chi connectivity index (χ1n) is 6.53. The van der Waals surface area contributed by atoms with Gasteiger partial charge in [-0.05, 0) is 54.0 Å². The number of nitrogens with one attached hydrogen (secondary N) is 1. The van der Waals surface area contributed by atoms with Crippen LogP contribution in [0.2, 0.25) is 0 Å². The van der Waals surface area contributed by atoms with Crippen molar-refractivity contribution >= 4 is 6.09 Å². The maximum atomic E-state index is 12.2. The average Bonchev–Trinajstić information content (AvgIpc) is 2.15. The first-order chi connectivity index (χ1) is 7.81. The molecule has 1 atom stereocenters. The molecule has 1 heterocycles. The van der Waals surface area contributed by atoms with Crippen LogP contribution in [0.1, 0.15) is 47.5 Å². The molecule has 1 N–H and O–H groups in total. The van der Waals surface area contributed by atoms with Crippen LogP contribution in [0.15, 0.2) is 0 Å². The molecular formula is C13H26N2O2. The third kappa shape index (κ3) is 4.54. The topological polar surface area (TPSA) is 41.6 Å². The molecule has 0 aromatic heterocycles. The summed E-state index contributed by atoms with van der Waals surface area (Å²) in [6, 6.07) is 0.438. The van der Waals surface area contributed by atoms with Crippen LogP contribution in [0.4, 0.5) is 4.79 Å². The van der Waals surface area contributed by atoms with Crippen LogP contribution < -0.4 is 5.32 Å². The van der Waals surface area contributed by atoms with Crippen LogP contribution in [0, 0.1) is 0 Å². The minimum Gasteiger partial charge on any atom is -0.444 e. The Morgan fingerprint density at radius 2 is 2.06 bits per heavy atom. The zero-order valence-corrected chi connectivity index (χ0v) is 11.7. The maximum Gasteiger partial charge on any atom is 0.410 e. The zero-order chi connectivity index (χ0) is 13.1. The summed E-state index contributed by atoms with van der Waals surface area (Å²) in [5.41, 5.74) is -0.424. The summed E-state index contributed by atoms with van der Waals surface area (Å²) in [4.78, 5) is 14.0. The van der Waals surface area contributed by atoms with E-state index >= 15 is 0 Å². The largest absolute Gasteiger partial charge is 0.444 e. The van der Waals surface area contributed by atoms with E-state index in [9.17, 15) is 4.79 Å². The second-order valence-electron chi connectivity index (χ2n) is 5.98. The Kier molecular flexibility index (Phi) is 4.80. The highest BCUT2D eigenvalue weighted by Crippen LogP contribution is 2.18. The molecule has 0 aliphatic carbocycles. The van der Waals surface area contributed by atoms with E-state index in [1.807, 2.05) is 39.5 Å². The number of carbonyl (C=O) groups excluding carboxylic acids is 1. The van der Waals surface area contributed by atoms with Gasteiger partial charge in [0.05, 0.1) is 0 Å². The summed E-state index contributed by atoms with van der Waals surface area (Å²) in [6.07, 6.45) is 1.99. The van der Waals surface area contributed by atoms with Crippen molar-refractivity contribution in [2.24, 2.45) is 0 Å². The molecule has 100 valence electrons. The van der Waals surface area contributed by atoms with E-state index in [-0.39, 0.29) is 18.2 Å². The second-order valence-corrected chi connectivity index (χ2v) is 5.98. The fourth-order valence-electron chi connectivity index (χ4n) is 2.17. The Balaban J connectivity index is 2.67. The molecule has 17 heavy (non-hydrogen) atoms. The molecule has 0 bridgehead atoms. The molecule has 1 rings (SSSR count). The molecule has 1 amide bonds. The van der Waals surface area contributed by atoms with Gasteiger partial charge in [-0.3, -0.25) is 0 Å².